The average molecular weight is 144 g/mol. The smallest absolute Gasteiger partial charge is 0.0186 e. The molecule has 0 radical (unpaired) electrons. The van der Waals surface area contributed by atoms with Crippen LogP contribution in [-0.2, 0) is 0 Å². The van der Waals surface area contributed by atoms with E-state index in [1.54, 1.807) is 0 Å². The summed E-state index contributed by atoms with van der Waals surface area (Å²) in [6.07, 6.45) is 0. The van der Waals surface area contributed by atoms with Gasteiger partial charge in [0.15, 0.2) is 0 Å². The molecule has 0 aromatic rings. The van der Waals surface area contributed by atoms with E-state index in [1.807, 2.05) is 0 Å². The molecular weight excluding hydrogens is 124 g/mol. The van der Waals surface area contributed by atoms with E-state index in [0.29, 0.717) is 12.1 Å². The summed E-state index contributed by atoms with van der Waals surface area (Å²) >= 11 is 0. The molecule has 0 heterocycles. The summed E-state index contributed by atoms with van der Waals surface area (Å²) in [5.74, 6) is 0. The zero-order chi connectivity index (χ0) is 8.31. The van der Waals surface area contributed by atoms with Gasteiger partial charge in [-0.15, -0.1) is 0 Å². The Morgan fingerprint density at radius 1 is 0.700 bits per heavy atom. The number of hydrogen-bond acceptors (Lipinski definition) is 2. The van der Waals surface area contributed by atoms with Crippen LogP contribution < -0.4 is 0 Å². The monoisotopic (exact) mass is 144 g/mol. The van der Waals surface area contributed by atoms with Crippen molar-refractivity contribution in [2.75, 3.05) is 14.1 Å². The van der Waals surface area contributed by atoms with Crippen molar-refractivity contribution in [3.8, 4) is 0 Å². The van der Waals surface area contributed by atoms with Gasteiger partial charge >= 0.3 is 0 Å². The maximum Gasteiger partial charge on any atom is 0.0186 e. The zero-order valence-corrected chi connectivity index (χ0v) is 8.05. The van der Waals surface area contributed by atoms with E-state index in [4.69, 9.17) is 0 Å². The molecule has 0 saturated heterocycles. The molecule has 0 aromatic carbocycles. The van der Waals surface area contributed by atoms with E-state index in [1.165, 1.54) is 0 Å². The summed E-state index contributed by atoms with van der Waals surface area (Å²) in [5.41, 5.74) is 0. The molecule has 10 heavy (non-hydrogen) atoms. The third-order valence-corrected chi connectivity index (χ3v) is 1.99. The van der Waals surface area contributed by atoms with Crippen molar-refractivity contribution in [1.29, 1.82) is 0 Å². The molecule has 2 heteroatoms. The Morgan fingerprint density at radius 3 is 1.00 bits per heavy atom. The van der Waals surface area contributed by atoms with Crippen molar-refractivity contribution in [3.63, 3.8) is 0 Å². The summed E-state index contributed by atoms with van der Waals surface area (Å²) in [6, 6.07) is 1.18. The van der Waals surface area contributed by atoms with Gasteiger partial charge in [0.1, 0.15) is 0 Å². The Hall–Kier alpha value is -0.0800. The summed E-state index contributed by atoms with van der Waals surface area (Å²) in [7, 11) is 4.23. The fraction of sp³-hybridized carbons (Fsp3) is 1.00. The largest absolute Gasteiger partial charge is 0.242 e. The molecule has 0 rings (SSSR count). The van der Waals surface area contributed by atoms with Gasteiger partial charge in [0.2, 0.25) is 0 Å². The third-order valence-electron chi connectivity index (χ3n) is 1.99. The van der Waals surface area contributed by atoms with E-state index in [-0.39, 0.29) is 0 Å². The zero-order valence-electron chi connectivity index (χ0n) is 8.05. The van der Waals surface area contributed by atoms with Gasteiger partial charge in [-0.1, -0.05) is 0 Å². The van der Waals surface area contributed by atoms with Gasteiger partial charge in [-0.3, -0.25) is 0 Å². The third kappa shape index (κ3) is 2.67. The molecule has 0 amide bonds. The Bertz CT molecular complexity index is 77.3. The van der Waals surface area contributed by atoms with Crippen LogP contribution in [0.3, 0.4) is 0 Å². The minimum Gasteiger partial charge on any atom is -0.242 e. The summed E-state index contributed by atoms with van der Waals surface area (Å²) in [6.45, 7) is 8.77. The molecule has 2 nitrogen and oxygen atoms in total. The topological polar surface area (TPSA) is 6.48 Å². The van der Waals surface area contributed by atoms with Gasteiger partial charge in [-0.25, -0.2) is 10.0 Å². The summed E-state index contributed by atoms with van der Waals surface area (Å²) in [5, 5.41) is 4.48. The first kappa shape index (κ1) is 9.92. The van der Waals surface area contributed by atoms with Crippen LogP contribution in [0.25, 0.3) is 0 Å². The maximum absolute atomic E-state index is 2.24. The van der Waals surface area contributed by atoms with Crippen LogP contribution in [0.15, 0.2) is 0 Å². The predicted octanol–water partition coefficient (Wildman–Crippen LogP) is 1.58. The molecule has 0 fully saturated rings. The molecule has 0 bridgehead atoms. The summed E-state index contributed by atoms with van der Waals surface area (Å²) < 4.78 is 0. The summed E-state index contributed by atoms with van der Waals surface area (Å²) in [4.78, 5) is 0. The van der Waals surface area contributed by atoms with E-state index in [9.17, 15) is 0 Å². The van der Waals surface area contributed by atoms with Gasteiger partial charge in [-0.2, -0.15) is 0 Å². The number of nitrogens with zero attached hydrogens (tertiary/aromatic N) is 2. The van der Waals surface area contributed by atoms with Crippen molar-refractivity contribution in [2.45, 2.75) is 39.8 Å². The second kappa shape index (κ2) is 3.94. The quantitative estimate of drug-likeness (QED) is 0.555. The fourth-order valence-electron chi connectivity index (χ4n) is 0.729. The van der Waals surface area contributed by atoms with Crippen molar-refractivity contribution in [3.05, 3.63) is 0 Å². The average Bonchev–Trinajstić information content (AvgIpc) is 1.84. The molecule has 0 aromatic heterocycles. The van der Waals surface area contributed by atoms with Gasteiger partial charge in [0.25, 0.3) is 0 Å². The van der Waals surface area contributed by atoms with Gasteiger partial charge < -0.3 is 0 Å². The van der Waals surface area contributed by atoms with Crippen molar-refractivity contribution >= 4 is 0 Å². The van der Waals surface area contributed by atoms with Crippen LogP contribution >= 0.6 is 0 Å². The van der Waals surface area contributed by atoms with Gasteiger partial charge in [-0.05, 0) is 27.7 Å². The molecule has 0 aliphatic heterocycles. The Balaban J connectivity index is 3.81. The first-order chi connectivity index (χ1) is 4.46. The normalized spacial score (nSPS) is 12.6. The van der Waals surface area contributed by atoms with Crippen LogP contribution in [0.1, 0.15) is 27.7 Å². The highest BCUT2D eigenvalue weighted by molar-refractivity contribution is 4.57. The van der Waals surface area contributed by atoms with Crippen molar-refractivity contribution in [2.24, 2.45) is 0 Å². The highest BCUT2D eigenvalue weighted by Crippen LogP contribution is 2.01. The van der Waals surface area contributed by atoms with Gasteiger partial charge in [0, 0.05) is 26.2 Å². The molecule has 0 saturated carbocycles. The van der Waals surface area contributed by atoms with Crippen LogP contribution in [-0.4, -0.2) is 36.2 Å². The minimum atomic E-state index is 0.590. The van der Waals surface area contributed by atoms with Crippen molar-refractivity contribution in [1.82, 2.24) is 10.0 Å². The lowest BCUT2D eigenvalue weighted by Gasteiger charge is -2.34. The Kier molecular flexibility index (Phi) is 3.91. The fourth-order valence-corrected chi connectivity index (χ4v) is 0.729. The van der Waals surface area contributed by atoms with E-state index < -0.39 is 0 Å². The second-order valence-corrected chi connectivity index (χ2v) is 3.33. The Labute approximate surface area is 64.8 Å². The number of hydrogen-bond donors (Lipinski definition) is 0. The van der Waals surface area contributed by atoms with E-state index in [0.717, 1.165) is 0 Å². The highest BCUT2D eigenvalue weighted by Gasteiger charge is 2.11. The Morgan fingerprint density at radius 2 is 0.900 bits per heavy atom. The first-order valence-corrected chi connectivity index (χ1v) is 3.92. The molecular formula is C8H20N2. The molecule has 0 unspecified atom stereocenters. The predicted molar refractivity (Wildman–Crippen MR) is 45.8 cm³/mol. The highest BCUT2D eigenvalue weighted by atomic mass is 15.6. The second-order valence-electron chi connectivity index (χ2n) is 3.33. The first-order valence-electron chi connectivity index (χ1n) is 3.92. The SMILES string of the molecule is CC(C)N(C)N(C)C(C)C. The van der Waals surface area contributed by atoms with Crippen LogP contribution in [0.4, 0.5) is 0 Å². The molecule has 0 aliphatic carbocycles. The van der Waals surface area contributed by atoms with Crippen molar-refractivity contribution < 1.29 is 0 Å². The number of hydrazine groups is 1. The molecule has 0 N–H and O–H groups in total. The number of rotatable bonds is 3. The van der Waals surface area contributed by atoms with E-state index in [2.05, 4.69) is 51.8 Å². The lowest BCUT2D eigenvalue weighted by atomic mass is 10.3. The van der Waals surface area contributed by atoms with Gasteiger partial charge in [0.05, 0.1) is 0 Å². The lowest BCUT2D eigenvalue weighted by molar-refractivity contribution is -0.0272. The maximum atomic E-state index is 2.24. The molecule has 0 spiro atoms. The minimum absolute atomic E-state index is 0.590. The molecule has 0 aliphatic rings. The lowest BCUT2D eigenvalue weighted by Crippen LogP contribution is -2.44. The molecule has 62 valence electrons. The standard InChI is InChI=1S/C8H20N2/c1-7(2)9(5)10(6)8(3)4/h7-8H,1-6H3. The van der Waals surface area contributed by atoms with Crippen LogP contribution in [0.2, 0.25) is 0 Å². The molecule has 0 atom stereocenters. The van der Waals surface area contributed by atoms with E-state index >= 15 is 0 Å². The van der Waals surface area contributed by atoms with Crippen LogP contribution in [0.5, 0.6) is 0 Å². The van der Waals surface area contributed by atoms with Crippen LogP contribution in [0, 0.1) is 0 Å².